The van der Waals surface area contributed by atoms with E-state index in [1.54, 1.807) is 12.3 Å². The molecule has 0 atom stereocenters. The molecule has 2 aromatic heterocycles. The Morgan fingerprint density at radius 2 is 1.94 bits per heavy atom. The second-order valence-corrected chi connectivity index (χ2v) is 8.94. The molecule has 182 valence electrons. The third-order valence-corrected chi connectivity index (χ3v) is 5.96. The van der Waals surface area contributed by atoms with E-state index in [1.807, 2.05) is 30.3 Å². The smallest absolute Gasteiger partial charge is 0.254 e. The molecule has 1 saturated carbocycles. The Hall–Kier alpha value is -4.04. The molecule has 2 heterocycles. The highest BCUT2D eigenvalue weighted by Gasteiger charge is 2.23. The van der Waals surface area contributed by atoms with Crippen molar-refractivity contribution in [2.75, 3.05) is 11.9 Å². The molecular weight excluding hydrogens is 481 g/mol. The molecule has 1 fully saturated rings. The molecule has 9 heteroatoms. The van der Waals surface area contributed by atoms with Crippen molar-refractivity contribution in [1.82, 2.24) is 20.3 Å². The zero-order valence-corrected chi connectivity index (χ0v) is 20.0. The van der Waals surface area contributed by atoms with Gasteiger partial charge in [0.05, 0.1) is 23.0 Å². The number of carbonyl (C=O) groups is 1. The first-order valence-corrected chi connectivity index (χ1v) is 11.9. The highest BCUT2D eigenvalue weighted by atomic mass is 35.5. The van der Waals surface area contributed by atoms with Gasteiger partial charge in [-0.3, -0.25) is 9.78 Å². The van der Waals surface area contributed by atoms with E-state index in [4.69, 9.17) is 16.3 Å². The van der Waals surface area contributed by atoms with E-state index in [9.17, 15) is 9.18 Å². The maximum absolute atomic E-state index is 14.6. The lowest BCUT2D eigenvalue weighted by molar-refractivity contribution is 0.0952. The van der Waals surface area contributed by atoms with Gasteiger partial charge in [-0.05, 0) is 48.6 Å². The van der Waals surface area contributed by atoms with Crippen LogP contribution in [0.4, 0.5) is 15.9 Å². The fourth-order valence-electron chi connectivity index (χ4n) is 3.57. The number of nitrogens with one attached hydrogen (secondary N) is 2. The average molecular weight is 504 g/mol. The van der Waals surface area contributed by atoms with Gasteiger partial charge in [-0.25, -0.2) is 14.4 Å². The molecule has 7 nitrogen and oxygen atoms in total. The maximum atomic E-state index is 14.6. The third kappa shape index (κ3) is 5.78. The minimum Gasteiger partial charge on any atom is -0.483 e. The standard InChI is InChI=1S/C27H23ClFN5O2/c28-19-8-9-22(29)20(12-19)25-31-15-24(36-16-18-4-2-1-3-5-18)26(34-25)33-23-10-11-30-14-21(23)27(35)32-13-17-6-7-17/h1-5,8-12,14-15,17H,6-7,13,16H2,(H,32,35)(H,30,31,33,34). The zero-order chi connectivity index (χ0) is 24.9. The summed E-state index contributed by atoms with van der Waals surface area (Å²) in [4.78, 5) is 25.8. The van der Waals surface area contributed by atoms with Gasteiger partial charge in [0.15, 0.2) is 17.4 Å². The number of ether oxygens (including phenoxy) is 1. The van der Waals surface area contributed by atoms with Crippen LogP contribution in [-0.4, -0.2) is 27.4 Å². The maximum Gasteiger partial charge on any atom is 0.254 e. The number of carbonyl (C=O) groups excluding carboxylic acids is 1. The fraction of sp³-hybridized carbons (Fsp3) is 0.185. The first-order valence-electron chi connectivity index (χ1n) is 11.6. The minimum atomic E-state index is -0.507. The van der Waals surface area contributed by atoms with Crippen molar-refractivity contribution in [3.05, 3.63) is 95.2 Å². The first kappa shape index (κ1) is 23.7. The van der Waals surface area contributed by atoms with Gasteiger partial charge >= 0.3 is 0 Å². The van der Waals surface area contributed by atoms with Crippen LogP contribution in [0.5, 0.6) is 5.75 Å². The molecule has 0 saturated heterocycles. The number of aromatic nitrogens is 3. The molecule has 1 aliphatic rings. The number of halogens is 2. The van der Waals surface area contributed by atoms with Gasteiger partial charge < -0.3 is 15.4 Å². The molecule has 1 amide bonds. The predicted molar refractivity (Wildman–Crippen MR) is 136 cm³/mol. The fourth-order valence-corrected chi connectivity index (χ4v) is 3.74. The van der Waals surface area contributed by atoms with E-state index < -0.39 is 5.82 Å². The van der Waals surface area contributed by atoms with Crippen LogP contribution in [0.3, 0.4) is 0 Å². The molecule has 0 radical (unpaired) electrons. The summed E-state index contributed by atoms with van der Waals surface area (Å²) in [5, 5.41) is 6.48. The van der Waals surface area contributed by atoms with Gasteiger partial charge in [-0.15, -0.1) is 0 Å². The Bertz CT molecular complexity index is 1380. The lowest BCUT2D eigenvalue weighted by atomic mass is 10.2. The number of amides is 1. The predicted octanol–water partition coefficient (Wildman–Crippen LogP) is 5.79. The van der Waals surface area contributed by atoms with Crippen LogP contribution in [0.2, 0.25) is 5.02 Å². The molecule has 0 unspecified atom stereocenters. The second-order valence-electron chi connectivity index (χ2n) is 8.50. The Morgan fingerprint density at radius 3 is 2.75 bits per heavy atom. The molecule has 4 aromatic rings. The van der Waals surface area contributed by atoms with Crippen molar-refractivity contribution in [3.63, 3.8) is 0 Å². The van der Waals surface area contributed by atoms with E-state index in [1.165, 1.54) is 30.6 Å². The van der Waals surface area contributed by atoms with Crippen molar-refractivity contribution in [2.45, 2.75) is 19.4 Å². The number of anilines is 2. The lowest BCUT2D eigenvalue weighted by Gasteiger charge is -2.16. The Morgan fingerprint density at radius 1 is 1.11 bits per heavy atom. The topological polar surface area (TPSA) is 89.0 Å². The van der Waals surface area contributed by atoms with Crippen molar-refractivity contribution < 1.29 is 13.9 Å². The third-order valence-electron chi connectivity index (χ3n) is 5.73. The monoisotopic (exact) mass is 503 g/mol. The van der Waals surface area contributed by atoms with Crippen LogP contribution in [-0.2, 0) is 6.61 Å². The number of nitrogens with zero attached hydrogens (tertiary/aromatic N) is 3. The molecule has 0 bridgehead atoms. The number of benzene rings is 2. The largest absolute Gasteiger partial charge is 0.483 e. The Kier molecular flexibility index (Phi) is 7.04. The van der Waals surface area contributed by atoms with Crippen LogP contribution in [0.1, 0.15) is 28.8 Å². The van der Waals surface area contributed by atoms with Crippen LogP contribution in [0.15, 0.2) is 73.2 Å². The lowest BCUT2D eigenvalue weighted by Crippen LogP contribution is -2.26. The molecule has 36 heavy (non-hydrogen) atoms. The van der Waals surface area contributed by atoms with Crippen LogP contribution >= 0.6 is 11.6 Å². The zero-order valence-electron chi connectivity index (χ0n) is 19.2. The first-order chi connectivity index (χ1) is 17.6. The average Bonchev–Trinajstić information content (AvgIpc) is 3.73. The molecular formula is C27H23ClFN5O2. The number of hydrogen-bond acceptors (Lipinski definition) is 6. The summed E-state index contributed by atoms with van der Waals surface area (Å²) in [6.07, 6.45) is 6.80. The van der Waals surface area contributed by atoms with E-state index >= 15 is 0 Å². The molecule has 1 aliphatic carbocycles. The Balaban J connectivity index is 1.48. The summed E-state index contributed by atoms with van der Waals surface area (Å²) in [6.45, 7) is 0.902. The second kappa shape index (κ2) is 10.7. The number of rotatable bonds is 9. The van der Waals surface area contributed by atoms with Crippen molar-refractivity contribution >= 4 is 29.0 Å². The minimum absolute atomic E-state index is 0.123. The summed E-state index contributed by atoms with van der Waals surface area (Å²) in [5.41, 5.74) is 1.95. The number of pyridine rings is 1. The van der Waals surface area contributed by atoms with E-state index in [0.29, 0.717) is 34.5 Å². The van der Waals surface area contributed by atoms with Gasteiger partial charge in [-0.2, -0.15) is 0 Å². The van der Waals surface area contributed by atoms with Crippen LogP contribution in [0, 0.1) is 11.7 Å². The van der Waals surface area contributed by atoms with Gasteiger partial charge in [0.25, 0.3) is 5.91 Å². The van der Waals surface area contributed by atoms with Gasteiger partial charge in [0.1, 0.15) is 12.4 Å². The van der Waals surface area contributed by atoms with Crippen LogP contribution in [0.25, 0.3) is 11.4 Å². The summed E-state index contributed by atoms with van der Waals surface area (Å²) >= 11 is 6.08. The SMILES string of the molecule is O=C(NCC1CC1)c1cnccc1Nc1nc(-c2cc(Cl)ccc2F)ncc1OCc1ccccc1. The summed E-state index contributed by atoms with van der Waals surface area (Å²) < 4.78 is 20.6. The molecule has 2 N–H and O–H groups in total. The van der Waals surface area contributed by atoms with Gasteiger partial charge in [-0.1, -0.05) is 41.9 Å². The van der Waals surface area contributed by atoms with Gasteiger partial charge in [0.2, 0.25) is 0 Å². The highest BCUT2D eigenvalue weighted by molar-refractivity contribution is 6.30. The molecule has 2 aromatic carbocycles. The van der Waals surface area contributed by atoms with E-state index in [-0.39, 0.29) is 29.7 Å². The summed E-state index contributed by atoms with van der Waals surface area (Å²) in [6, 6.07) is 15.5. The molecule has 0 spiro atoms. The number of hydrogen-bond donors (Lipinski definition) is 2. The normalized spacial score (nSPS) is 12.7. The Labute approximate surface area is 212 Å². The van der Waals surface area contributed by atoms with Crippen LogP contribution < -0.4 is 15.4 Å². The quantitative estimate of drug-likeness (QED) is 0.300. The van der Waals surface area contributed by atoms with Crippen molar-refractivity contribution in [3.8, 4) is 17.1 Å². The summed E-state index contributed by atoms with van der Waals surface area (Å²) in [7, 11) is 0. The summed E-state index contributed by atoms with van der Waals surface area (Å²) in [5.74, 6) is 0.533. The van der Waals surface area contributed by atoms with Crippen molar-refractivity contribution in [1.29, 1.82) is 0 Å². The molecule has 5 rings (SSSR count). The van der Waals surface area contributed by atoms with Gasteiger partial charge in [0, 0.05) is 24.0 Å². The van der Waals surface area contributed by atoms with Crippen molar-refractivity contribution in [2.24, 2.45) is 5.92 Å². The highest BCUT2D eigenvalue weighted by Crippen LogP contribution is 2.32. The van der Waals surface area contributed by atoms with E-state index in [0.717, 1.165) is 18.4 Å². The molecule has 0 aliphatic heterocycles. The van der Waals surface area contributed by atoms with E-state index in [2.05, 4.69) is 25.6 Å².